The van der Waals surface area contributed by atoms with Crippen LogP contribution in [0.25, 0.3) is 34.4 Å². The van der Waals surface area contributed by atoms with Gasteiger partial charge in [0.25, 0.3) is 0 Å². The van der Waals surface area contributed by atoms with Crippen molar-refractivity contribution in [3.8, 4) is 22.3 Å². The van der Waals surface area contributed by atoms with Gasteiger partial charge in [-0.25, -0.2) is 0 Å². The minimum Gasteiger partial charge on any atom is -0.345 e. The third-order valence-corrected chi connectivity index (χ3v) is 7.46. The van der Waals surface area contributed by atoms with Crippen LogP contribution in [0.3, 0.4) is 0 Å². The number of hydrogen-bond acceptors (Lipinski definition) is 1. The summed E-state index contributed by atoms with van der Waals surface area (Å²) in [6, 6.07) is 41.9. The number of benzene rings is 5. The zero-order valence-electron chi connectivity index (χ0n) is 21.5. The van der Waals surface area contributed by atoms with Gasteiger partial charge < -0.3 is 4.90 Å². The molecule has 0 saturated carbocycles. The van der Waals surface area contributed by atoms with Gasteiger partial charge in [-0.05, 0) is 94.6 Å². The van der Waals surface area contributed by atoms with Crippen LogP contribution >= 0.6 is 0 Å². The summed E-state index contributed by atoms with van der Waals surface area (Å²) in [7, 11) is 2.13. The Morgan fingerprint density at radius 1 is 0.514 bits per heavy atom. The van der Waals surface area contributed by atoms with E-state index in [2.05, 4.69) is 146 Å². The summed E-state index contributed by atoms with van der Waals surface area (Å²) in [6.07, 6.45) is 6.89. The summed E-state index contributed by atoms with van der Waals surface area (Å²) in [5, 5.41) is 0. The summed E-state index contributed by atoms with van der Waals surface area (Å²) in [6.45, 7) is 2.12. The predicted octanol–water partition coefficient (Wildman–Crippen LogP) is 9.37. The normalized spacial score (nSPS) is 12.3. The summed E-state index contributed by atoms with van der Waals surface area (Å²) in [5.41, 5.74) is 14.1. The lowest BCUT2D eigenvalue weighted by molar-refractivity contribution is 0.839. The lowest BCUT2D eigenvalue weighted by atomic mass is 9.87. The van der Waals surface area contributed by atoms with E-state index >= 15 is 0 Å². The Balaban J connectivity index is 1.21. The lowest BCUT2D eigenvalue weighted by Gasteiger charge is -2.21. The van der Waals surface area contributed by atoms with Crippen LogP contribution in [0.4, 0.5) is 11.4 Å². The summed E-state index contributed by atoms with van der Waals surface area (Å²) >= 11 is 0. The van der Waals surface area contributed by atoms with Crippen LogP contribution in [-0.2, 0) is 12.8 Å². The highest BCUT2D eigenvalue weighted by Crippen LogP contribution is 2.31. The molecule has 0 aliphatic heterocycles. The van der Waals surface area contributed by atoms with E-state index in [1.54, 1.807) is 0 Å². The molecule has 0 fully saturated rings. The molecule has 5 aromatic rings. The average molecular weight is 478 g/mol. The number of aryl methyl sites for hydroxylation is 3. The molecule has 5 aromatic carbocycles. The molecule has 0 radical (unpaired) electrons. The molecule has 1 nitrogen and oxygen atoms in total. The monoisotopic (exact) mass is 477 g/mol. The molecule has 0 amide bonds. The van der Waals surface area contributed by atoms with Crippen LogP contribution < -0.4 is 4.90 Å². The Bertz CT molecular complexity index is 1570. The maximum absolute atomic E-state index is 2.33. The van der Waals surface area contributed by atoms with Gasteiger partial charge in [0, 0.05) is 18.4 Å². The second-order valence-corrected chi connectivity index (χ2v) is 10.0. The van der Waals surface area contributed by atoms with Gasteiger partial charge in [0.2, 0.25) is 0 Å². The molecule has 0 heterocycles. The van der Waals surface area contributed by atoms with Crippen molar-refractivity contribution in [3.05, 3.63) is 143 Å². The van der Waals surface area contributed by atoms with Crippen molar-refractivity contribution >= 4 is 23.5 Å². The van der Waals surface area contributed by atoms with Gasteiger partial charge in [0.15, 0.2) is 0 Å². The van der Waals surface area contributed by atoms with Crippen molar-refractivity contribution in [2.75, 3.05) is 11.9 Å². The van der Waals surface area contributed by atoms with E-state index in [9.17, 15) is 0 Å². The highest BCUT2D eigenvalue weighted by Gasteiger charge is 2.12. The number of rotatable bonds is 6. The van der Waals surface area contributed by atoms with Crippen molar-refractivity contribution < 1.29 is 0 Å². The smallest absolute Gasteiger partial charge is 0.0414 e. The highest BCUT2D eigenvalue weighted by atomic mass is 15.1. The van der Waals surface area contributed by atoms with Crippen molar-refractivity contribution in [2.45, 2.75) is 19.8 Å². The second kappa shape index (κ2) is 9.95. The molecule has 180 valence electrons. The van der Waals surface area contributed by atoms with Gasteiger partial charge in [-0.15, -0.1) is 0 Å². The summed E-state index contributed by atoms with van der Waals surface area (Å²) in [5.74, 6) is 0. The van der Waals surface area contributed by atoms with Crippen molar-refractivity contribution in [2.24, 2.45) is 0 Å². The summed E-state index contributed by atoms with van der Waals surface area (Å²) in [4.78, 5) is 2.25. The molecule has 0 atom stereocenters. The maximum atomic E-state index is 2.33. The average Bonchev–Trinajstić information content (AvgIpc) is 2.93. The first kappa shape index (κ1) is 23.1. The molecule has 6 rings (SSSR count). The quantitative estimate of drug-likeness (QED) is 0.220. The van der Waals surface area contributed by atoms with Gasteiger partial charge in [0.1, 0.15) is 0 Å². The largest absolute Gasteiger partial charge is 0.345 e. The Kier molecular flexibility index (Phi) is 6.20. The van der Waals surface area contributed by atoms with Crippen LogP contribution in [0.15, 0.2) is 115 Å². The fraction of sp³-hybridized carbons (Fsp3) is 0.111. The van der Waals surface area contributed by atoms with Crippen molar-refractivity contribution in [1.29, 1.82) is 0 Å². The molecule has 0 N–H and O–H groups in total. The SMILES string of the molecule is Cc1ccc(-c2ccc(N(C)c3cccc(-c4cccc(/C=C/c5ccc6c(c5)CC6)c4)c3)cc2)cc1. The molecule has 1 aliphatic rings. The van der Waals surface area contributed by atoms with Gasteiger partial charge >= 0.3 is 0 Å². The first-order valence-electron chi connectivity index (χ1n) is 13.0. The maximum Gasteiger partial charge on any atom is 0.0414 e. The number of anilines is 2. The van der Waals surface area contributed by atoms with Crippen LogP contribution in [-0.4, -0.2) is 7.05 Å². The molecule has 1 heteroatoms. The van der Waals surface area contributed by atoms with E-state index in [1.165, 1.54) is 74.3 Å². The zero-order chi connectivity index (χ0) is 25.2. The van der Waals surface area contributed by atoms with E-state index in [0.29, 0.717) is 0 Å². The minimum absolute atomic E-state index is 1.17. The fourth-order valence-corrected chi connectivity index (χ4v) is 5.00. The van der Waals surface area contributed by atoms with E-state index < -0.39 is 0 Å². The van der Waals surface area contributed by atoms with E-state index in [1.807, 2.05) is 0 Å². The molecule has 37 heavy (non-hydrogen) atoms. The van der Waals surface area contributed by atoms with Gasteiger partial charge in [-0.3, -0.25) is 0 Å². The van der Waals surface area contributed by atoms with E-state index in [-0.39, 0.29) is 0 Å². The molecule has 0 saturated heterocycles. The molecule has 0 unspecified atom stereocenters. The van der Waals surface area contributed by atoms with Gasteiger partial charge in [-0.1, -0.05) is 103 Å². The lowest BCUT2D eigenvalue weighted by Crippen LogP contribution is -2.09. The molecule has 0 aromatic heterocycles. The first-order chi connectivity index (χ1) is 18.1. The van der Waals surface area contributed by atoms with E-state index in [4.69, 9.17) is 0 Å². The predicted molar refractivity (Wildman–Crippen MR) is 159 cm³/mol. The van der Waals surface area contributed by atoms with Crippen LogP contribution in [0.2, 0.25) is 0 Å². The van der Waals surface area contributed by atoms with E-state index in [0.717, 1.165) is 0 Å². The number of hydrogen-bond donors (Lipinski definition) is 0. The third kappa shape index (κ3) is 4.99. The standard InChI is InChI=1S/C36H31N/c1-26-9-14-29(15-10-26)30-19-21-35(22-20-30)37(2)36-8-4-7-33(25-36)32-6-3-5-27(23-32)11-12-28-13-16-31-17-18-34(31)24-28/h3-16,19-25H,17-18H2,1-2H3/b12-11+. The first-order valence-corrected chi connectivity index (χ1v) is 13.0. The topological polar surface area (TPSA) is 3.24 Å². The van der Waals surface area contributed by atoms with Gasteiger partial charge in [-0.2, -0.15) is 0 Å². The Morgan fingerprint density at radius 3 is 1.81 bits per heavy atom. The number of fused-ring (bicyclic) bond motifs is 1. The minimum atomic E-state index is 1.17. The molecule has 0 bridgehead atoms. The van der Waals surface area contributed by atoms with Crippen LogP contribution in [0.1, 0.15) is 27.8 Å². The van der Waals surface area contributed by atoms with Crippen molar-refractivity contribution in [1.82, 2.24) is 0 Å². The molecule has 1 aliphatic carbocycles. The Hall–Kier alpha value is -4.36. The van der Waals surface area contributed by atoms with Crippen LogP contribution in [0, 0.1) is 6.92 Å². The van der Waals surface area contributed by atoms with Crippen LogP contribution in [0.5, 0.6) is 0 Å². The van der Waals surface area contributed by atoms with Crippen molar-refractivity contribution in [3.63, 3.8) is 0 Å². The third-order valence-electron chi connectivity index (χ3n) is 7.46. The Labute approximate surface area is 220 Å². The van der Waals surface area contributed by atoms with Gasteiger partial charge in [0.05, 0.1) is 0 Å². The summed E-state index contributed by atoms with van der Waals surface area (Å²) < 4.78 is 0. The Morgan fingerprint density at radius 2 is 1.14 bits per heavy atom. The highest BCUT2D eigenvalue weighted by molar-refractivity contribution is 5.77. The second-order valence-electron chi connectivity index (χ2n) is 10.0. The zero-order valence-corrected chi connectivity index (χ0v) is 21.5. The molecule has 0 spiro atoms. The fourth-order valence-electron chi connectivity index (χ4n) is 5.00. The molecular weight excluding hydrogens is 446 g/mol. The number of nitrogens with zero attached hydrogens (tertiary/aromatic N) is 1. The molecular formula is C36H31N.